The first-order chi connectivity index (χ1) is 23.0. The van der Waals surface area contributed by atoms with Crippen LogP contribution in [0.2, 0.25) is 0 Å². The van der Waals surface area contributed by atoms with Gasteiger partial charge in [0.2, 0.25) is 0 Å². The van der Waals surface area contributed by atoms with Gasteiger partial charge >= 0.3 is 11.9 Å². The second kappa shape index (κ2) is 25.2. The molecular weight excluding hydrogens is 684 g/mol. The van der Waals surface area contributed by atoms with Crippen LogP contribution < -0.4 is 49.6 Å². The van der Waals surface area contributed by atoms with Gasteiger partial charge in [-0.25, -0.2) is 8.99 Å². The number of nitrogens with two attached hydrogens (primary N) is 5. The van der Waals surface area contributed by atoms with Crippen molar-refractivity contribution in [3.05, 3.63) is 121 Å². The fraction of sp³-hybridized carbons (Fsp3) is 0.278. The van der Waals surface area contributed by atoms with Crippen molar-refractivity contribution in [1.82, 2.24) is 0 Å². The predicted molar refractivity (Wildman–Crippen MR) is 200 cm³/mol. The minimum absolute atomic E-state index is 0. The third-order valence-corrected chi connectivity index (χ3v) is 9.38. The van der Waals surface area contributed by atoms with E-state index >= 15 is 0 Å². The van der Waals surface area contributed by atoms with Crippen LogP contribution in [0.15, 0.2) is 121 Å². The summed E-state index contributed by atoms with van der Waals surface area (Å²) in [6, 6.07) is 42.6. The number of hydrogen-bond acceptors (Lipinski definition) is 7. The summed E-state index contributed by atoms with van der Waals surface area (Å²) in [6.07, 6.45) is 0.692. The van der Waals surface area contributed by atoms with Crippen LogP contribution in [-0.4, -0.2) is 69.7 Å². The maximum absolute atomic E-state index is 11.6. The molecule has 4 rings (SSSR count). The molecule has 0 heterocycles. The Morgan fingerprint density at radius 3 is 1.22 bits per heavy atom. The van der Waals surface area contributed by atoms with Gasteiger partial charge in [0.25, 0.3) is 0 Å². The molecule has 0 aliphatic carbocycles. The van der Waals surface area contributed by atoms with E-state index in [2.05, 4.69) is 127 Å². The standard InChI is InChI=1S/C24H20B.C8H18N2O3S.C2H8N2.C2H5NO2.Co/c1-5-13-21(14-6-1)25(22-15-7-2-8-16-22,23-17-9-3-10-18-23)24-19-11-4-12-20-24;1-2-3-5-14(10,13)6-4-7(9)8(11)12;3-1-2-4;3-1-2(4)5;/h1-20H;7,10H,2-6,9H2,1H3,(H,11,12);1-4H2;1,3H2,(H,4,5);/q-1;;;;/p+1. The molecule has 2 unspecified atom stereocenters. The number of carbonyl (C=O) groups is 2. The largest absolute Gasteiger partial charge is 0.480 e. The van der Waals surface area contributed by atoms with E-state index in [0.29, 0.717) is 18.8 Å². The summed E-state index contributed by atoms with van der Waals surface area (Å²) in [5.74, 6) is -1.39. The van der Waals surface area contributed by atoms with Crippen LogP contribution in [0.5, 0.6) is 0 Å². The molecule has 13 heteroatoms. The molecule has 0 spiro atoms. The van der Waals surface area contributed by atoms with Gasteiger partial charge in [-0.2, -0.15) is 21.9 Å². The molecule has 0 aliphatic rings. The molecule has 1 radical (unpaired) electrons. The van der Waals surface area contributed by atoms with E-state index in [1.807, 2.05) is 6.92 Å². The molecule has 12 N–H and O–H groups in total. The molecule has 4 aromatic rings. The third kappa shape index (κ3) is 16.0. The van der Waals surface area contributed by atoms with Crippen LogP contribution >= 0.6 is 0 Å². The normalized spacial score (nSPS) is 12.0. The van der Waals surface area contributed by atoms with Crippen molar-refractivity contribution in [3.63, 3.8) is 0 Å². The van der Waals surface area contributed by atoms with Gasteiger partial charge in [-0.1, -0.05) is 135 Å². The monoisotopic (exact) mass is 736 g/mol. The molecule has 0 saturated carbocycles. The minimum Gasteiger partial charge on any atom is -0.480 e. The zero-order valence-electron chi connectivity index (χ0n) is 28.1. The van der Waals surface area contributed by atoms with E-state index in [1.165, 1.54) is 21.9 Å². The molecule has 0 bridgehead atoms. The van der Waals surface area contributed by atoms with Crippen LogP contribution in [0.4, 0.5) is 0 Å². The zero-order chi connectivity index (χ0) is 35.8. The molecule has 0 amide bonds. The van der Waals surface area contributed by atoms with Crippen molar-refractivity contribution >= 4 is 49.7 Å². The quantitative estimate of drug-likeness (QED) is 0.0904. The van der Waals surface area contributed by atoms with E-state index < -0.39 is 33.9 Å². The first kappa shape index (κ1) is 45.2. The molecule has 2 atom stereocenters. The first-order valence-corrected chi connectivity index (χ1v) is 17.9. The van der Waals surface area contributed by atoms with Crippen molar-refractivity contribution in [2.24, 2.45) is 22.9 Å². The zero-order valence-corrected chi connectivity index (χ0v) is 30.0. The van der Waals surface area contributed by atoms with Crippen LogP contribution in [0.25, 0.3) is 0 Å². The van der Waals surface area contributed by atoms with Crippen LogP contribution in [0.3, 0.4) is 0 Å². The van der Waals surface area contributed by atoms with Crippen molar-refractivity contribution in [3.8, 4) is 0 Å². The number of benzene rings is 4. The predicted octanol–water partition coefficient (Wildman–Crippen LogP) is -0.189. The van der Waals surface area contributed by atoms with Crippen molar-refractivity contribution in [2.75, 3.05) is 31.1 Å². The third-order valence-electron chi connectivity index (χ3n) is 7.47. The number of rotatable bonds is 13. The summed E-state index contributed by atoms with van der Waals surface area (Å²) in [6.45, 7) is 2.90. The van der Waals surface area contributed by atoms with Crippen LogP contribution in [0, 0.1) is 0 Å². The molecule has 0 fully saturated rings. The second-order valence-corrected chi connectivity index (χ2v) is 13.6. The number of unbranched alkanes of at least 4 members (excludes halogenated alkanes) is 1. The van der Waals surface area contributed by atoms with E-state index in [-0.39, 0.29) is 35.5 Å². The molecule has 49 heavy (non-hydrogen) atoms. The number of hydrogen-bond donors (Lipinski definition) is 7. The van der Waals surface area contributed by atoms with Crippen molar-refractivity contribution < 1.29 is 45.6 Å². The van der Waals surface area contributed by atoms with Crippen LogP contribution in [-0.2, 0) is 36.1 Å². The Hall–Kier alpha value is -3.82. The van der Waals surface area contributed by atoms with Gasteiger partial charge in [0.1, 0.15) is 12.2 Å². The van der Waals surface area contributed by atoms with E-state index in [4.69, 9.17) is 32.2 Å². The first-order valence-electron chi connectivity index (χ1n) is 15.9. The summed E-state index contributed by atoms with van der Waals surface area (Å²) in [7, 11) is -2.37. The van der Waals surface area contributed by atoms with Gasteiger partial charge in [0.15, 0.2) is 9.73 Å². The molecule has 0 aliphatic heterocycles. The fourth-order valence-electron chi connectivity index (χ4n) is 5.06. The van der Waals surface area contributed by atoms with Gasteiger partial charge in [-0.3, -0.25) is 9.59 Å². The Morgan fingerprint density at radius 2 is 1.00 bits per heavy atom. The molecule has 269 valence electrons. The average molecular weight is 737 g/mol. The summed E-state index contributed by atoms with van der Waals surface area (Å²) >= 11 is 0. The van der Waals surface area contributed by atoms with Gasteiger partial charge < -0.3 is 33.1 Å². The summed E-state index contributed by atoms with van der Waals surface area (Å²) in [5.41, 5.74) is 25.0. The maximum Gasteiger partial charge on any atom is 0.320 e. The Labute approximate surface area is 301 Å². The number of carboxylic acid groups (broad SMARTS) is 2. The Balaban J connectivity index is 0.000000814. The van der Waals surface area contributed by atoms with Gasteiger partial charge in [0.05, 0.1) is 18.1 Å². The van der Waals surface area contributed by atoms with Gasteiger partial charge in [0, 0.05) is 29.9 Å². The number of aliphatic carboxylic acids is 2. The second-order valence-electron chi connectivity index (χ2n) is 11.0. The maximum atomic E-state index is 11.6. The van der Waals surface area contributed by atoms with Crippen molar-refractivity contribution in [1.29, 1.82) is 0 Å². The van der Waals surface area contributed by atoms with E-state index in [0.717, 1.165) is 12.8 Å². The molecule has 0 saturated heterocycles. The molecular formula is C36H52BCoN5O5S. The molecule has 0 aromatic heterocycles. The summed E-state index contributed by atoms with van der Waals surface area (Å²) < 4.78 is 17.1. The number of carboxylic acids is 2. The summed E-state index contributed by atoms with van der Waals surface area (Å²) in [4.78, 5) is 19.6. The topological polar surface area (TPSA) is 221 Å². The van der Waals surface area contributed by atoms with E-state index in [9.17, 15) is 13.8 Å². The van der Waals surface area contributed by atoms with Gasteiger partial charge in [-0.05, 0) is 12.8 Å². The van der Waals surface area contributed by atoms with E-state index in [1.54, 1.807) is 0 Å². The van der Waals surface area contributed by atoms with Crippen LogP contribution in [0.1, 0.15) is 26.2 Å². The Morgan fingerprint density at radius 1 is 0.694 bits per heavy atom. The average Bonchev–Trinajstić information content (AvgIpc) is 3.12. The Kier molecular flexibility index (Phi) is 23.2. The smallest absolute Gasteiger partial charge is 0.320 e. The summed E-state index contributed by atoms with van der Waals surface area (Å²) in [5, 5.41) is 16.1. The minimum atomic E-state index is -2.37. The van der Waals surface area contributed by atoms with Gasteiger partial charge in [-0.15, -0.1) is 0 Å². The SMILES string of the molecule is CCCCS(=[NH2+])(=O)CCC(N)C(=O)O.NCC(=O)O.NCCN.[Co].c1ccc([B-](c2ccccc2)(c2ccccc2)c2ccccc2)cc1. The van der Waals surface area contributed by atoms with Crippen molar-refractivity contribution in [2.45, 2.75) is 32.2 Å². The molecule has 10 nitrogen and oxygen atoms in total. The fourth-order valence-corrected chi connectivity index (χ4v) is 6.70. The Bertz CT molecular complexity index is 1390. The molecule has 4 aromatic carbocycles.